The molecule has 8 heteroatoms. The number of aliphatic hydroxyl groups excluding tert-OH is 1. The van der Waals surface area contributed by atoms with Crippen molar-refractivity contribution in [1.29, 1.82) is 0 Å². The maximum Gasteiger partial charge on any atom is 0.365 e. The third-order valence-corrected chi connectivity index (χ3v) is 4.38. The van der Waals surface area contributed by atoms with E-state index >= 15 is 0 Å². The Balaban J connectivity index is 2.24. The second kappa shape index (κ2) is 7.16. The Hall–Kier alpha value is -3.65. The Morgan fingerprint density at radius 2 is 1.61 bits per heavy atom. The summed E-state index contributed by atoms with van der Waals surface area (Å²) in [4.78, 5) is 38.4. The number of methoxy groups -OCH3 is 2. The van der Waals surface area contributed by atoms with Gasteiger partial charge < -0.3 is 19.7 Å². The van der Waals surface area contributed by atoms with Crippen LogP contribution < -0.4 is 9.64 Å². The van der Waals surface area contributed by atoms with Crippen molar-refractivity contribution in [3.05, 3.63) is 65.7 Å². The highest BCUT2D eigenvalue weighted by atomic mass is 16.5. The van der Waals surface area contributed by atoms with Crippen LogP contribution >= 0.6 is 0 Å². The summed E-state index contributed by atoms with van der Waals surface area (Å²) in [5.74, 6) is -3.90. The lowest BCUT2D eigenvalue weighted by Gasteiger charge is -2.30. The third-order valence-electron chi connectivity index (χ3n) is 4.38. The van der Waals surface area contributed by atoms with Gasteiger partial charge in [0.15, 0.2) is 0 Å². The third kappa shape index (κ3) is 2.80. The van der Waals surface area contributed by atoms with Crippen LogP contribution in [0.1, 0.15) is 5.56 Å². The Labute approximate surface area is 160 Å². The van der Waals surface area contributed by atoms with E-state index in [1.165, 1.54) is 43.5 Å². The van der Waals surface area contributed by atoms with Gasteiger partial charge >= 0.3 is 11.9 Å². The monoisotopic (exact) mass is 383 g/mol. The van der Waals surface area contributed by atoms with E-state index < -0.39 is 34.7 Å². The normalized spacial score (nSPS) is 20.9. The molecule has 0 aliphatic carbocycles. The standard InChI is InChI=1S/C20H17NO7/c1-27-14-10-8-12(9-11-14)16(22)15-17(23)18(24)21(13-6-4-3-5-7-13)20(15,26)19(25)28-2/h3-11,22,26H,1-2H3/b16-15-. The molecule has 3 rings (SSSR count). The predicted octanol–water partition coefficient (Wildman–Crippen LogP) is 1.44. The minimum Gasteiger partial charge on any atom is -0.507 e. The molecule has 1 heterocycles. The lowest BCUT2D eigenvalue weighted by Crippen LogP contribution is -2.54. The summed E-state index contributed by atoms with van der Waals surface area (Å²) in [5.41, 5.74) is -3.41. The van der Waals surface area contributed by atoms with Crippen molar-refractivity contribution in [1.82, 2.24) is 0 Å². The first-order valence-corrected chi connectivity index (χ1v) is 8.19. The zero-order chi connectivity index (χ0) is 20.5. The molecule has 0 bridgehead atoms. The Kier molecular flexibility index (Phi) is 4.89. The van der Waals surface area contributed by atoms with E-state index in [4.69, 9.17) is 4.74 Å². The number of rotatable bonds is 4. The summed E-state index contributed by atoms with van der Waals surface area (Å²) in [5, 5.41) is 21.9. The molecule has 0 aromatic heterocycles. The van der Waals surface area contributed by atoms with Gasteiger partial charge in [0.25, 0.3) is 11.5 Å². The van der Waals surface area contributed by atoms with E-state index in [1.54, 1.807) is 18.2 Å². The fraction of sp³-hybridized carbons (Fsp3) is 0.150. The molecule has 144 valence electrons. The zero-order valence-corrected chi connectivity index (χ0v) is 15.1. The largest absolute Gasteiger partial charge is 0.507 e. The van der Waals surface area contributed by atoms with E-state index in [0.29, 0.717) is 10.6 Å². The minimum atomic E-state index is -2.83. The summed E-state index contributed by atoms with van der Waals surface area (Å²) in [6, 6.07) is 13.5. The van der Waals surface area contributed by atoms with Crippen LogP contribution in [0.25, 0.3) is 5.76 Å². The fourth-order valence-corrected chi connectivity index (χ4v) is 3.01. The van der Waals surface area contributed by atoms with Crippen LogP contribution in [0.4, 0.5) is 5.69 Å². The van der Waals surface area contributed by atoms with Crippen LogP contribution in [0.5, 0.6) is 5.75 Å². The number of benzene rings is 2. The number of aliphatic hydroxyl groups is 2. The van der Waals surface area contributed by atoms with E-state index in [0.717, 1.165) is 7.11 Å². The summed E-state index contributed by atoms with van der Waals surface area (Å²) in [6.45, 7) is 0. The van der Waals surface area contributed by atoms with Gasteiger partial charge in [-0.2, -0.15) is 0 Å². The molecule has 1 unspecified atom stereocenters. The molecular formula is C20H17NO7. The van der Waals surface area contributed by atoms with Crippen LogP contribution in [0.2, 0.25) is 0 Å². The van der Waals surface area contributed by atoms with Crippen molar-refractivity contribution in [3.8, 4) is 5.75 Å². The lowest BCUT2D eigenvalue weighted by atomic mass is 9.97. The van der Waals surface area contributed by atoms with Crippen molar-refractivity contribution < 1.29 is 34.1 Å². The Morgan fingerprint density at radius 1 is 1.00 bits per heavy atom. The zero-order valence-electron chi connectivity index (χ0n) is 15.1. The molecule has 2 aromatic carbocycles. The molecule has 2 N–H and O–H groups in total. The van der Waals surface area contributed by atoms with Gasteiger partial charge in [0.2, 0.25) is 0 Å². The summed E-state index contributed by atoms with van der Waals surface area (Å²) in [7, 11) is 2.46. The highest BCUT2D eigenvalue weighted by Crippen LogP contribution is 2.39. The lowest BCUT2D eigenvalue weighted by molar-refractivity contribution is -0.158. The molecule has 8 nitrogen and oxygen atoms in total. The van der Waals surface area contributed by atoms with E-state index in [9.17, 15) is 24.6 Å². The van der Waals surface area contributed by atoms with E-state index in [1.807, 2.05) is 0 Å². The molecule has 0 saturated carbocycles. The number of ether oxygens (including phenoxy) is 2. The van der Waals surface area contributed by atoms with Crippen LogP contribution in [-0.2, 0) is 19.1 Å². The fourth-order valence-electron chi connectivity index (χ4n) is 3.01. The summed E-state index contributed by atoms with van der Waals surface area (Å²) < 4.78 is 9.67. The number of ketones is 1. The van der Waals surface area contributed by atoms with Gasteiger partial charge in [-0.1, -0.05) is 18.2 Å². The van der Waals surface area contributed by atoms with Crippen LogP contribution in [-0.4, -0.2) is 47.8 Å². The first kappa shape index (κ1) is 19.1. The first-order chi connectivity index (χ1) is 13.4. The molecule has 1 fully saturated rings. The molecular weight excluding hydrogens is 366 g/mol. The van der Waals surface area contributed by atoms with Crippen molar-refractivity contribution in [2.75, 3.05) is 19.1 Å². The Bertz CT molecular complexity index is 966. The smallest absolute Gasteiger partial charge is 0.365 e. The van der Waals surface area contributed by atoms with Gasteiger partial charge in [-0.05, 0) is 36.4 Å². The van der Waals surface area contributed by atoms with E-state index in [-0.39, 0.29) is 11.3 Å². The minimum absolute atomic E-state index is 0.0891. The summed E-state index contributed by atoms with van der Waals surface area (Å²) >= 11 is 0. The molecule has 1 aliphatic rings. The number of anilines is 1. The highest BCUT2D eigenvalue weighted by Gasteiger charge is 2.62. The number of hydrogen-bond acceptors (Lipinski definition) is 7. The van der Waals surface area contributed by atoms with Crippen LogP contribution in [0.15, 0.2) is 60.2 Å². The average Bonchev–Trinajstić information content (AvgIpc) is 2.93. The molecule has 2 aromatic rings. The SMILES string of the molecule is COC(=O)C1(O)/C(=C(\O)c2ccc(OC)cc2)C(=O)C(=O)N1c1ccccc1. The van der Waals surface area contributed by atoms with Crippen LogP contribution in [0, 0.1) is 0 Å². The Morgan fingerprint density at radius 3 is 2.14 bits per heavy atom. The van der Waals surface area contributed by atoms with Crippen molar-refractivity contribution >= 4 is 29.1 Å². The molecule has 0 radical (unpaired) electrons. The molecule has 28 heavy (non-hydrogen) atoms. The number of esters is 1. The summed E-state index contributed by atoms with van der Waals surface area (Å²) in [6.07, 6.45) is 0. The van der Waals surface area contributed by atoms with Gasteiger partial charge in [-0.15, -0.1) is 0 Å². The molecule has 0 spiro atoms. The molecule has 1 amide bonds. The second-order valence-electron chi connectivity index (χ2n) is 5.92. The van der Waals surface area contributed by atoms with Crippen LogP contribution in [0.3, 0.4) is 0 Å². The molecule has 1 atom stereocenters. The number of amides is 1. The van der Waals surface area contributed by atoms with Gasteiger partial charge in [-0.25, -0.2) is 4.79 Å². The highest BCUT2D eigenvalue weighted by molar-refractivity contribution is 6.54. The number of nitrogens with zero attached hydrogens (tertiary/aromatic N) is 1. The molecule has 1 aliphatic heterocycles. The van der Waals surface area contributed by atoms with Crippen molar-refractivity contribution in [2.45, 2.75) is 5.72 Å². The number of para-hydroxylation sites is 1. The van der Waals surface area contributed by atoms with Gasteiger partial charge in [0.1, 0.15) is 17.1 Å². The topological polar surface area (TPSA) is 113 Å². The van der Waals surface area contributed by atoms with Gasteiger partial charge in [-0.3, -0.25) is 14.5 Å². The first-order valence-electron chi connectivity index (χ1n) is 8.19. The molecule has 1 saturated heterocycles. The maximum absolute atomic E-state index is 12.7. The number of carbonyl (C=O) groups excluding carboxylic acids is 3. The number of carbonyl (C=O) groups is 3. The maximum atomic E-state index is 12.7. The quantitative estimate of drug-likeness (QED) is 0.355. The van der Waals surface area contributed by atoms with Gasteiger partial charge in [0, 0.05) is 11.3 Å². The average molecular weight is 383 g/mol. The van der Waals surface area contributed by atoms with Crippen molar-refractivity contribution in [2.24, 2.45) is 0 Å². The van der Waals surface area contributed by atoms with Crippen molar-refractivity contribution in [3.63, 3.8) is 0 Å². The van der Waals surface area contributed by atoms with E-state index in [2.05, 4.69) is 4.74 Å². The number of hydrogen-bond donors (Lipinski definition) is 2. The number of Topliss-reactive ketones (excluding diaryl/α,β-unsaturated/α-hetero) is 1. The predicted molar refractivity (Wildman–Crippen MR) is 98.4 cm³/mol. The van der Waals surface area contributed by atoms with Gasteiger partial charge in [0.05, 0.1) is 14.2 Å². The second-order valence-corrected chi connectivity index (χ2v) is 5.92.